The van der Waals surface area contributed by atoms with E-state index in [9.17, 15) is 10.1 Å². The third kappa shape index (κ3) is 7.25. The first-order chi connectivity index (χ1) is 10.3. The fourth-order valence-corrected chi connectivity index (χ4v) is 1.41. The Balaban J connectivity index is 0.000000425. The Kier molecular flexibility index (Phi) is 8.97. The molecule has 0 aliphatic rings. The smallest absolute Gasteiger partial charge is 0.291 e. The van der Waals surface area contributed by atoms with Gasteiger partial charge in [0, 0.05) is 18.2 Å². The van der Waals surface area contributed by atoms with Crippen LogP contribution < -0.4 is 11.5 Å². The van der Waals surface area contributed by atoms with E-state index in [-0.39, 0.29) is 17.4 Å². The fourth-order valence-electron chi connectivity index (χ4n) is 1.41. The lowest BCUT2D eigenvalue weighted by atomic mass is 10.1. The molecule has 1 unspecified atom stereocenters. The minimum atomic E-state index is -0.595. The van der Waals surface area contributed by atoms with Gasteiger partial charge in [0.05, 0.1) is 17.8 Å². The Labute approximate surface area is 130 Å². The molecular weight excluding hydrogens is 282 g/mol. The molecule has 120 valence electrons. The van der Waals surface area contributed by atoms with Gasteiger partial charge in [0.25, 0.3) is 5.70 Å². The number of hydrogen-bond donors (Lipinski definition) is 2. The van der Waals surface area contributed by atoms with E-state index in [4.69, 9.17) is 16.2 Å². The molecule has 6 nitrogen and oxygen atoms in total. The van der Waals surface area contributed by atoms with E-state index in [0.29, 0.717) is 5.76 Å². The van der Waals surface area contributed by atoms with Crippen molar-refractivity contribution in [1.82, 2.24) is 0 Å². The molecule has 22 heavy (non-hydrogen) atoms. The molecule has 0 spiro atoms. The van der Waals surface area contributed by atoms with Gasteiger partial charge in [0.15, 0.2) is 0 Å². The zero-order valence-electron chi connectivity index (χ0n) is 13.2. The molecule has 1 aromatic rings. The van der Waals surface area contributed by atoms with Crippen LogP contribution in [0.1, 0.15) is 25.5 Å². The fraction of sp³-hybridized carbons (Fsp3) is 0.250. The second kappa shape index (κ2) is 10.2. The number of nitrogens with zero attached hydrogens (tertiary/aromatic N) is 1. The average Bonchev–Trinajstić information content (AvgIpc) is 2.48. The SMILES string of the molecule is C=C/C(=C(N)\C=C(/C)OC)[N+](=O)[O-].CC(N)c1ccccc1. The summed E-state index contributed by atoms with van der Waals surface area (Å²) in [5.74, 6) is 0.499. The number of benzene rings is 1. The molecule has 1 atom stereocenters. The topological polar surface area (TPSA) is 104 Å². The zero-order chi connectivity index (χ0) is 17.1. The van der Waals surface area contributed by atoms with Gasteiger partial charge in [-0.25, -0.2) is 0 Å². The van der Waals surface area contributed by atoms with Gasteiger partial charge in [-0.15, -0.1) is 0 Å². The van der Waals surface area contributed by atoms with Gasteiger partial charge in [-0.1, -0.05) is 36.9 Å². The molecule has 1 rings (SSSR count). The van der Waals surface area contributed by atoms with Crippen molar-refractivity contribution in [1.29, 1.82) is 0 Å². The Morgan fingerprint density at radius 2 is 1.95 bits per heavy atom. The summed E-state index contributed by atoms with van der Waals surface area (Å²) in [6, 6.07) is 10.2. The summed E-state index contributed by atoms with van der Waals surface area (Å²) in [4.78, 5) is 9.77. The first-order valence-corrected chi connectivity index (χ1v) is 6.62. The average molecular weight is 305 g/mol. The molecule has 1 aromatic carbocycles. The number of nitrogens with two attached hydrogens (primary N) is 2. The number of allylic oxidation sites excluding steroid dienone is 3. The summed E-state index contributed by atoms with van der Waals surface area (Å²) in [6.07, 6.45) is 2.47. The lowest BCUT2D eigenvalue weighted by Gasteiger charge is -2.02. The summed E-state index contributed by atoms with van der Waals surface area (Å²) in [6.45, 7) is 6.91. The number of methoxy groups -OCH3 is 1. The maximum absolute atomic E-state index is 10.4. The van der Waals surface area contributed by atoms with E-state index in [1.807, 2.05) is 37.3 Å². The lowest BCUT2D eigenvalue weighted by Crippen LogP contribution is -2.06. The molecule has 0 bridgehead atoms. The van der Waals surface area contributed by atoms with Crippen LogP contribution in [0.2, 0.25) is 0 Å². The Hall–Kier alpha value is -2.60. The Bertz CT molecular complexity index is 549. The molecule has 6 heteroatoms. The molecular formula is C16H23N3O3. The van der Waals surface area contributed by atoms with Gasteiger partial charge in [0.2, 0.25) is 0 Å². The predicted octanol–water partition coefficient (Wildman–Crippen LogP) is 2.88. The summed E-state index contributed by atoms with van der Waals surface area (Å²) in [5, 5.41) is 10.4. The largest absolute Gasteiger partial charge is 0.501 e. The van der Waals surface area contributed by atoms with E-state index in [2.05, 4.69) is 6.58 Å². The van der Waals surface area contributed by atoms with Crippen molar-refractivity contribution in [3.05, 3.63) is 81.9 Å². The maximum atomic E-state index is 10.4. The van der Waals surface area contributed by atoms with E-state index >= 15 is 0 Å². The number of rotatable bonds is 5. The van der Waals surface area contributed by atoms with E-state index < -0.39 is 4.92 Å². The van der Waals surface area contributed by atoms with Crippen LogP contribution in [0.4, 0.5) is 0 Å². The standard InChI is InChI=1S/C8H12N2O3.C8H11N/c1-4-8(10(11)12)7(9)5-6(2)13-3;1-7(9)8-5-3-2-4-6-8/h4-5H,1,9H2,2-3H3;2-7H,9H2,1H3/b6-5+,8-7-;. The van der Waals surface area contributed by atoms with Gasteiger partial charge in [0.1, 0.15) is 5.70 Å². The molecule has 0 fully saturated rings. The van der Waals surface area contributed by atoms with Crippen LogP contribution in [0.25, 0.3) is 0 Å². The third-order valence-corrected chi connectivity index (χ3v) is 2.69. The van der Waals surface area contributed by atoms with Gasteiger partial charge in [-0.05, 0) is 19.4 Å². The minimum Gasteiger partial charge on any atom is -0.501 e. The summed E-state index contributed by atoms with van der Waals surface area (Å²) in [5.41, 5.74) is 12.0. The number of nitro groups is 1. The van der Waals surface area contributed by atoms with E-state index in [1.165, 1.54) is 18.7 Å². The van der Waals surface area contributed by atoms with Crippen LogP contribution in [-0.2, 0) is 4.74 Å². The molecule has 0 radical (unpaired) electrons. The molecule has 0 aliphatic carbocycles. The van der Waals surface area contributed by atoms with Gasteiger partial charge in [-0.3, -0.25) is 10.1 Å². The second-order valence-electron chi connectivity index (χ2n) is 4.46. The molecule has 0 saturated carbocycles. The van der Waals surface area contributed by atoms with Crippen molar-refractivity contribution in [3.63, 3.8) is 0 Å². The first kappa shape index (κ1) is 19.4. The molecule has 0 amide bonds. The van der Waals surface area contributed by atoms with Crippen molar-refractivity contribution in [3.8, 4) is 0 Å². The zero-order valence-corrected chi connectivity index (χ0v) is 13.2. The van der Waals surface area contributed by atoms with Crippen molar-refractivity contribution < 1.29 is 9.66 Å². The minimum absolute atomic E-state index is 0.0272. The lowest BCUT2D eigenvalue weighted by molar-refractivity contribution is -0.420. The summed E-state index contributed by atoms with van der Waals surface area (Å²) in [7, 11) is 1.46. The number of hydrogen-bond acceptors (Lipinski definition) is 5. The van der Waals surface area contributed by atoms with Crippen molar-refractivity contribution in [2.45, 2.75) is 19.9 Å². The third-order valence-electron chi connectivity index (χ3n) is 2.69. The van der Waals surface area contributed by atoms with Crippen molar-refractivity contribution in [2.24, 2.45) is 11.5 Å². The second-order valence-corrected chi connectivity index (χ2v) is 4.46. The van der Waals surface area contributed by atoms with Gasteiger partial charge >= 0.3 is 0 Å². The van der Waals surface area contributed by atoms with Crippen LogP contribution in [0.15, 0.2) is 66.2 Å². The molecule has 0 aromatic heterocycles. The quantitative estimate of drug-likeness (QED) is 0.377. The highest BCUT2D eigenvalue weighted by molar-refractivity contribution is 5.25. The predicted molar refractivity (Wildman–Crippen MR) is 88.2 cm³/mol. The van der Waals surface area contributed by atoms with Crippen LogP contribution in [0.3, 0.4) is 0 Å². The van der Waals surface area contributed by atoms with Crippen molar-refractivity contribution in [2.75, 3.05) is 7.11 Å². The molecule has 0 saturated heterocycles. The summed E-state index contributed by atoms with van der Waals surface area (Å²) >= 11 is 0. The monoisotopic (exact) mass is 305 g/mol. The van der Waals surface area contributed by atoms with Gasteiger partial charge < -0.3 is 16.2 Å². The van der Waals surface area contributed by atoms with Crippen LogP contribution in [0.5, 0.6) is 0 Å². The van der Waals surface area contributed by atoms with Crippen LogP contribution >= 0.6 is 0 Å². The highest BCUT2D eigenvalue weighted by Crippen LogP contribution is 2.06. The van der Waals surface area contributed by atoms with Crippen LogP contribution in [-0.4, -0.2) is 12.0 Å². The highest BCUT2D eigenvalue weighted by atomic mass is 16.6. The number of ether oxygens (including phenoxy) is 1. The molecule has 0 aliphatic heterocycles. The normalized spacial score (nSPS) is 13.2. The summed E-state index contributed by atoms with van der Waals surface area (Å²) < 4.78 is 4.79. The molecule has 4 N–H and O–H groups in total. The Morgan fingerprint density at radius 3 is 2.27 bits per heavy atom. The highest BCUT2D eigenvalue weighted by Gasteiger charge is 2.09. The van der Waals surface area contributed by atoms with Crippen LogP contribution in [0, 0.1) is 10.1 Å². The molecule has 0 heterocycles. The maximum Gasteiger partial charge on any atom is 0.291 e. The first-order valence-electron chi connectivity index (χ1n) is 6.62. The van der Waals surface area contributed by atoms with E-state index in [1.54, 1.807) is 6.92 Å². The van der Waals surface area contributed by atoms with Crippen molar-refractivity contribution >= 4 is 0 Å². The Morgan fingerprint density at radius 1 is 1.41 bits per heavy atom. The van der Waals surface area contributed by atoms with E-state index in [0.717, 1.165) is 6.08 Å². The van der Waals surface area contributed by atoms with Gasteiger partial charge in [-0.2, -0.15) is 0 Å².